The Morgan fingerprint density at radius 2 is 1.33 bits per heavy atom. The number of rotatable bonds is 1. The van der Waals surface area contributed by atoms with E-state index >= 15 is 0 Å². The van der Waals surface area contributed by atoms with Crippen LogP contribution in [-0.4, -0.2) is 19.9 Å². The maximum absolute atomic E-state index is 5.55. The first kappa shape index (κ1) is 9.13. The Labute approximate surface area is 85.4 Å². The average Bonchev–Trinajstić information content (AvgIpc) is 2.26. The van der Waals surface area contributed by atoms with Crippen LogP contribution < -0.4 is 17.2 Å². The summed E-state index contributed by atoms with van der Waals surface area (Å²) in [6.07, 6.45) is 3.16. The minimum Gasteiger partial charge on any atom is -0.393 e. The molecule has 0 bridgehead atoms. The molecule has 15 heavy (non-hydrogen) atoms. The average molecular weight is 203 g/mol. The summed E-state index contributed by atoms with van der Waals surface area (Å²) in [5.74, 6) is 0.880. The third kappa shape index (κ3) is 1.62. The fraction of sp³-hybridized carbons (Fsp3) is 0. The molecular weight excluding hydrogens is 194 g/mol. The number of hydrogen-bond donors (Lipinski definition) is 3. The molecule has 0 spiro atoms. The van der Waals surface area contributed by atoms with Crippen LogP contribution in [0.15, 0.2) is 18.5 Å². The molecule has 2 aromatic heterocycles. The summed E-state index contributed by atoms with van der Waals surface area (Å²) in [7, 11) is 0. The van der Waals surface area contributed by atoms with E-state index in [1.165, 1.54) is 0 Å². The Bertz CT molecular complexity index is 459. The highest BCUT2D eigenvalue weighted by Crippen LogP contribution is 2.21. The lowest BCUT2D eigenvalue weighted by Gasteiger charge is -2.04. The lowest BCUT2D eigenvalue weighted by Crippen LogP contribution is -2.07. The summed E-state index contributed by atoms with van der Waals surface area (Å²) in [5, 5.41) is 0. The third-order valence-corrected chi connectivity index (χ3v) is 1.77. The number of anilines is 3. The maximum atomic E-state index is 5.55. The van der Waals surface area contributed by atoms with Crippen LogP contribution in [-0.2, 0) is 0 Å². The van der Waals surface area contributed by atoms with Crippen LogP contribution in [0, 0.1) is 0 Å². The molecule has 76 valence electrons. The van der Waals surface area contributed by atoms with Crippen molar-refractivity contribution < 1.29 is 0 Å². The van der Waals surface area contributed by atoms with Gasteiger partial charge in [-0.15, -0.1) is 0 Å². The van der Waals surface area contributed by atoms with Crippen LogP contribution in [0.4, 0.5) is 17.3 Å². The van der Waals surface area contributed by atoms with E-state index in [9.17, 15) is 0 Å². The van der Waals surface area contributed by atoms with Gasteiger partial charge in [0.1, 0.15) is 5.69 Å². The molecule has 0 amide bonds. The largest absolute Gasteiger partial charge is 0.393 e. The normalized spacial score (nSPS) is 10.1. The van der Waals surface area contributed by atoms with Gasteiger partial charge in [0.25, 0.3) is 0 Å². The number of nitrogens with two attached hydrogens (primary N) is 3. The predicted octanol–water partition coefficient (Wildman–Crippen LogP) is -0.320. The molecule has 7 heteroatoms. The van der Waals surface area contributed by atoms with Crippen molar-refractivity contribution in [1.82, 2.24) is 19.9 Å². The molecule has 0 aliphatic carbocycles. The smallest absolute Gasteiger partial charge is 0.201 e. The van der Waals surface area contributed by atoms with Crippen molar-refractivity contribution in [2.45, 2.75) is 0 Å². The van der Waals surface area contributed by atoms with E-state index in [2.05, 4.69) is 19.9 Å². The van der Waals surface area contributed by atoms with Gasteiger partial charge in [-0.05, 0) is 6.07 Å². The lowest BCUT2D eigenvalue weighted by atomic mass is 10.4. The summed E-state index contributed by atoms with van der Waals surface area (Å²) >= 11 is 0. The molecule has 0 aliphatic rings. The molecule has 0 saturated carbocycles. The van der Waals surface area contributed by atoms with Crippen LogP contribution in [0.25, 0.3) is 11.6 Å². The number of nitrogens with zero attached hydrogens (tertiary/aromatic N) is 4. The first-order chi connectivity index (χ1) is 7.18. The topological polar surface area (TPSA) is 130 Å². The third-order valence-electron chi connectivity index (χ3n) is 1.77. The molecule has 2 aromatic rings. The Morgan fingerprint density at radius 1 is 0.800 bits per heavy atom. The quantitative estimate of drug-likeness (QED) is 0.579. The molecule has 6 N–H and O–H groups in total. The summed E-state index contributed by atoms with van der Waals surface area (Å²) in [6.45, 7) is 0. The van der Waals surface area contributed by atoms with E-state index in [-0.39, 0.29) is 23.1 Å². The summed E-state index contributed by atoms with van der Waals surface area (Å²) in [5.41, 5.74) is 16.8. The highest BCUT2D eigenvalue weighted by atomic mass is 15.1. The second-order valence-corrected chi connectivity index (χ2v) is 2.80. The van der Waals surface area contributed by atoms with Crippen LogP contribution in [0.2, 0.25) is 0 Å². The number of aromatic nitrogens is 4. The molecule has 2 rings (SSSR count). The molecule has 0 radical (unpaired) electrons. The monoisotopic (exact) mass is 203 g/mol. The number of hydrogen-bond acceptors (Lipinski definition) is 7. The molecule has 7 nitrogen and oxygen atoms in total. The van der Waals surface area contributed by atoms with E-state index in [0.29, 0.717) is 5.82 Å². The van der Waals surface area contributed by atoms with Crippen molar-refractivity contribution >= 4 is 17.3 Å². The highest BCUT2D eigenvalue weighted by Gasteiger charge is 2.09. The Balaban J connectivity index is 2.56. The number of nitrogen functional groups attached to an aromatic ring is 3. The molecule has 0 atom stereocenters. The Kier molecular flexibility index (Phi) is 2.05. The minimum atomic E-state index is 0.130. The Hall–Kier alpha value is -2.44. The molecule has 0 aromatic carbocycles. The van der Waals surface area contributed by atoms with Gasteiger partial charge in [0.15, 0.2) is 17.5 Å². The fourth-order valence-electron chi connectivity index (χ4n) is 1.02. The highest BCUT2D eigenvalue weighted by molar-refractivity contribution is 5.73. The predicted molar refractivity (Wildman–Crippen MR) is 56.3 cm³/mol. The maximum Gasteiger partial charge on any atom is 0.201 e. The van der Waals surface area contributed by atoms with Gasteiger partial charge in [0.05, 0.1) is 0 Å². The van der Waals surface area contributed by atoms with Crippen LogP contribution in [0.5, 0.6) is 0 Å². The van der Waals surface area contributed by atoms with Crippen molar-refractivity contribution in [3.63, 3.8) is 0 Å². The van der Waals surface area contributed by atoms with Crippen molar-refractivity contribution in [3.05, 3.63) is 18.5 Å². The van der Waals surface area contributed by atoms with Gasteiger partial charge in [-0.3, -0.25) is 0 Å². The van der Waals surface area contributed by atoms with Gasteiger partial charge < -0.3 is 17.2 Å². The molecule has 0 unspecified atom stereocenters. The van der Waals surface area contributed by atoms with Gasteiger partial charge in [0.2, 0.25) is 5.82 Å². The van der Waals surface area contributed by atoms with Gasteiger partial charge in [-0.2, -0.15) is 0 Å². The zero-order valence-corrected chi connectivity index (χ0v) is 7.75. The van der Waals surface area contributed by atoms with Gasteiger partial charge in [-0.1, -0.05) is 0 Å². The van der Waals surface area contributed by atoms with E-state index < -0.39 is 0 Å². The van der Waals surface area contributed by atoms with E-state index in [1.807, 2.05) is 0 Å². The van der Waals surface area contributed by atoms with Crippen molar-refractivity contribution in [3.8, 4) is 11.6 Å². The van der Waals surface area contributed by atoms with Gasteiger partial charge >= 0.3 is 0 Å². The van der Waals surface area contributed by atoms with Crippen molar-refractivity contribution in [1.29, 1.82) is 0 Å². The zero-order chi connectivity index (χ0) is 10.8. The van der Waals surface area contributed by atoms with Gasteiger partial charge in [-0.25, -0.2) is 19.9 Å². The molecular formula is C8H9N7. The second kappa shape index (κ2) is 3.37. The molecule has 0 fully saturated rings. The van der Waals surface area contributed by atoms with Crippen molar-refractivity contribution in [2.75, 3.05) is 17.2 Å². The molecule has 2 heterocycles. The lowest BCUT2D eigenvalue weighted by molar-refractivity contribution is 1.09. The summed E-state index contributed by atoms with van der Waals surface area (Å²) < 4.78 is 0. The van der Waals surface area contributed by atoms with Crippen LogP contribution >= 0.6 is 0 Å². The molecule has 0 aliphatic heterocycles. The SMILES string of the molecule is Nc1nc(-c2ncccn2)nc(N)c1N. The van der Waals surface area contributed by atoms with E-state index in [1.54, 1.807) is 18.5 Å². The zero-order valence-electron chi connectivity index (χ0n) is 7.75. The standard InChI is InChI=1S/C8H9N7/c9-4-5(10)14-8(15-6(4)11)7-12-2-1-3-13-7/h1-3H,9H2,(H4,10,11,14,15). The Morgan fingerprint density at radius 3 is 1.87 bits per heavy atom. The first-order valence-corrected chi connectivity index (χ1v) is 4.14. The van der Waals surface area contributed by atoms with Gasteiger partial charge in [0, 0.05) is 12.4 Å². The van der Waals surface area contributed by atoms with Crippen LogP contribution in [0.1, 0.15) is 0 Å². The fourth-order valence-corrected chi connectivity index (χ4v) is 1.02. The second-order valence-electron chi connectivity index (χ2n) is 2.80. The first-order valence-electron chi connectivity index (χ1n) is 4.14. The van der Waals surface area contributed by atoms with Crippen molar-refractivity contribution in [2.24, 2.45) is 0 Å². The van der Waals surface area contributed by atoms with E-state index in [0.717, 1.165) is 0 Å². The molecule has 0 saturated heterocycles. The van der Waals surface area contributed by atoms with E-state index in [4.69, 9.17) is 17.2 Å². The minimum absolute atomic E-state index is 0.130. The summed E-state index contributed by atoms with van der Waals surface area (Å²) in [6, 6.07) is 1.69. The summed E-state index contributed by atoms with van der Waals surface area (Å²) in [4.78, 5) is 15.8. The van der Waals surface area contributed by atoms with Crippen LogP contribution in [0.3, 0.4) is 0 Å².